The molecule has 2 rings (SSSR count). The molecule has 1 amide bonds. The number of nitrogens with zero attached hydrogens (tertiary/aromatic N) is 3. The van der Waals surface area contributed by atoms with Crippen molar-refractivity contribution in [3.63, 3.8) is 0 Å². The molecule has 1 aliphatic heterocycles. The first kappa shape index (κ1) is 13.7. The first-order chi connectivity index (χ1) is 9.02. The van der Waals surface area contributed by atoms with E-state index in [1.54, 1.807) is 6.07 Å². The van der Waals surface area contributed by atoms with Crippen molar-refractivity contribution in [2.24, 2.45) is 11.8 Å². The second-order valence-corrected chi connectivity index (χ2v) is 5.31. The van der Waals surface area contributed by atoms with Crippen LogP contribution in [0.25, 0.3) is 0 Å². The molecule has 1 aromatic heterocycles. The summed E-state index contributed by atoms with van der Waals surface area (Å²) in [6, 6.07) is 2.01. The predicted octanol–water partition coefficient (Wildman–Crippen LogP) is 1.33. The van der Waals surface area contributed by atoms with Gasteiger partial charge in [-0.15, -0.1) is 0 Å². The number of aryl methyl sites for hydroxylation is 1. The number of nitrogens with one attached hydrogen (secondary N) is 1. The van der Waals surface area contributed by atoms with E-state index in [4.69, 9.17) is 5.84 Å². The first-order valence-electron chi connectivity index (χ1n) is 6.66. The molecule has 1 aromatic rings. The van der Waals surface area contributed by atoms with Gasteiger partial charge in [-0.1, -0.05) is 13.8 Å². The molecule has 0 bridgehead atoms. The number of carbonyl (C=O) groups excluding carboxylic acids is 1. The summed E-state index contributed by atoms with van der Waals surface area (Å²) in [7, 11) is 0. The molecule has 0 spiro atoms. The van der Waals surface area contributed by atoms with E-state index in [2.05, 4.69) is 29.2 Å². The van der Waals surface area contributed by atoms with E-state index in [-0.39, 0.29) is 11.9 Å². The van der Waals surface area contributed by atoms with Crippen molar-refractivity contribution in [2.75, 3.05) is 12.0 Å². The lowest BCUT2D eigenvalue weighted by Gasteiger charge is -2.27. The van der Waals surface area contributed by atoms with E-state index >= 15 is 0 Å². The minimum atomic E-state index is -0.0294. The number of hydrogen-bond acceptors (Lipinski definition) is 5. The SMILES string of the molecule is Cc1cc(C(=O)N2CCCC2C(C)C)nc(NN)n1. The van der Waals surface area contributed by atoms with E-state index in [1.165, 1.54) is 0 Å². The third-order valence-electron chi connectivity index (χ3n) is 3.53. The standard InChI is InChI=1S/C13H21N5O/c1-8(2)11-5-4-6-18(11)12(19)10-7-9(3)15-13(16-10)17-14/h7-8,11H,4-6,14H2,1-3H3,(H,15,16,17). The molecule has 1 atom stereocenters. The van der Waals surface area contributed by atoms with Crippen LogP contribution in [0.2, 0.25) is 0 Å². The summed E-state index contributed by atoms with van der Waals surface area (Å²) < 4.78 is 0. The fourth-order valence-electron chi connectivity index (χ4n) is 2.63. The topological polar surface area (TPSA) is 84.1 Å². The average molecular weight is 263 g/mol. The number of carbonyl (C=O) groups is 1. The van der Waals surface area contributed by atoms with Crippen molar-refractivity contribution in [3.8, 4) is 0 Å². The Morgan fingerprint density at radius 1 is 1.53 bits per heavy atom. The Morgan fingerprint density at radius 2 is 2.26 bits per heavy atom. The maximum Gasteiger partial charge on any atom is 0.272 e. The van der Waals surface area contributed by atoms with Gasteiger partial charge in [0.25, 0.3) is 5.91 Å². The monoisotopic (exact) mass is 263 g/mol. The van der Waals surface area contributed by atoms with Crippen molar-refractivity contribution in [2.45, 2.75) is 39.7 Å². The van der Waals surface area contributed by atoms with E-state index in [9.17, 15) is 4.79 Å². The molecule has 0 aromatic carbocycles. The van der Waals surface area contributed by atoms with Gasteiger partial charge in [-0.05, 0) is 31.7 Å². The Labute approximate surface area is 113 Å². The number of aromatic nitrogens is 2. The molecular weight excluding hydrogens is 242 g/mol. The van der Waals surface area contributed by atoms with Gasteiger partial charge in [-0.2, -0.15) is 0 Å². The quantitative estimate of drug-likeness (QED) is 0.635. The highest BCUT2D eigenvalue weighted by Gasteiger charge is 2.32. The van der Waals surface area contributed by atoms with Gasteiger partial charge in [0.15, 0.2) is 0 Å². The number of likely N-dealkylation sites (tertiary alicyclic amines) is 1. The fraction of sp³-hybridized carbons (Fsp3) is 0.615. The van der Waals surface area contributed by atoms with Crippen LogP contribution in [-0.4, -0.2) is 33.4 Å². The molecule has 0 aliphatic carbocycles. The van der Waals surface area contributed by atoms with Crippen molar-refractivity contribution >= 4 is 11.9 Å². The fourth-order valence-corrected chi connectivity index (χ4v) is 2.63. The van der Waals surface area contributed by atoms with Gasteiger partial charge in [0.1, 0.15) is 5.69 Å². The zero-order valence-corrected chi connectivity index (χ0v) is 11.7. The Hall–Kier alpha value is -1.69. The summed E-state index contributed by atoms with van der Waals surface area (Å²) >= 11 is 0. The lowest BCUT2D eigenvalue weighted by atomic mass is 10.0. The van der Waals surface area contributed by atoms with Crippen molar-refractivity contribution in [3.05, 3.63) is 17.5 Å². The third-order valence-corrected chi connectivity index (χ3v) is 3.53. The molecule has 2 heterocycles. The Morgan fingerprint density at radius 3 is 2.89 bits per heavy atom. The van der Waals surface area contributed by atoms with E-state index in [1.807, 2.05) is 11.8 Å². The highest BCUT2D eigenvalue weighted by atomic mass is 16.2. The zero-order chi connectivity index (χ0) is 14.0. The molecule has 6 nitrogen and oxygen atoms in total. The maximum absolute atomic E-state index is 12.5. The van der Waals surface area contributed by atoms with Crippen LogP contribution < -0.4 is 11.3 Å². The Kier molecular flexibility index (Phi) is 3.99. The molecule has 0 radical (unpaired) electrons. The third kappa shape index (κ3) is 2.84. The average Bonchev–Trinajstić information content (AvgIpc) is 2.86. The smallest absolute Gasteiger partial charge is 0.272 e. The molecule has 6 heteroatoms. The molecule has 104 valence electrons. The summed E-state index contributed by atoms with van der Waals surface area (Å²) in [5, 5.41) is 0. The molecule has 0 saturated carbocycles. The molecule has 1 unspecified atom stereocenters. The van der Waals surface area contributed by atoms with Crippen LogP contribution >= 0.6 is 0 Å². The number of nitrogen functional groups attached to an aromatic ring is 1. The van der Waals surface area contributed by atoms with Crippen LogP contribution in [0.3, 0.4) is 0 Å². The molecule has 1 saturated heterocycles. The normalized spacial score (nSPS) is 19.0. The highest BCUT2D eigenvalue weighted by molar-refractivity contribution is 5.93. The second kappa shape index (κ2) is 5.52. The predicted molar refractivity (Wildman–Crippen MR) is 73.5 cm³/mol. The first-order valence-corrected chi connectivity index (χ1v) is 6.66. The van der Waals surface area contributed by atoms with Crippen LogP contribution in [0.1, 0.15) is 42.9 Å². The minimum Gasteiger partial charge on any atom is -0.334 e. The number of rotatable bonds is 3. The zero-order valence-electron chi connectivity index (χ0n) is 11.7. The number of nitrogens with two attached hydrogens (primary N) is 1. The van der Waals surface area contributed by atoms with Crippen LogP contribution in [0.4, 0.5) is 5.95 Å². The van der Waals surface area contributed by atoms with E-state index < -0.39 is 0 Å². The largest absolute Gasteiger partial charge is 0.334 e. The summed E-state index contributed by atoms with van der Waals surface area (Å²) in [4.78, 5) is 22.7. The van der Waals surface area contributed by atoms with Gasteiger partial charge in [-0.3, -0.25) is 10.2 Å². The van der Waals surface area contributed by atoms with Crippen molar-refractivity contribution in [1.29, 1.82) is 0 Å². The highest BCUT2D eigenvalue weighted by Crippen LogP contribution is 2.25. The number of anilines is 1. The number of amides is 1. The Bertz CT molecular complexity index is 474. The van der Waals surface area contributed by atoms with E-state index in [0.29, 0.717) is 17.7 Å². The Balaban J connectivity index is 2.26. The number of hydrogen-bond donors (Lipinski definition) is 2. The lowest BCUT2D eigenvalue weighted by Crippen LogP contribution is -2.39. The van der Waals surface area contributed by atoms with Crippen LogP contribution in [0.5, 0.6) is 0 Å². The maximum atomic E-state index is 12.5. The molecule has 3 N–H and O–H groups in total. The molecule has 1 aliphatic rings. The second-order valence-electron chi connectivity index (χ2n) is 5.31. The molecule has 1 fully saturated rings. The van der Waals surface area contributed by atoms with Gasteiger partial charge in [-0.25, -0.2) is 15.8 Å². The van der Waals surface area contributed by atoms with Crippen LogP contribution in [0.15, 0.2) is 6.07 Å². The van der Waals surface area contributed by atoms with E-state index in [0.717, 1.165) is 25.1 Å². The summed E-state index contributed by atoms with van der Waals surface area (Å²) in [5.74, 6) is 6.03. The molecular formula is C13H21N5O. The van der Waals surface area contributed by atoms with Crippen LogP contribution in [-0.2, 0) is 0 Å². The van der Waals surface area contributed by atoms with Gasteiger partial charge >= 0.3 is 0 Å². The van der Waals surface area contributed by atoms with Crippen LogP contribution in [0, 0.1) is 12.8 Å². The van der Waals surface area contributed by atoms with Gasteiger partial charge in [0, 0.05) is 18.3 Å². The minimum absolute atomic E-state index is 0.0294. The van der Waals surface area contributed by atoms with Gasteiger partial charge in [0.05, 0.1) is 0 Å². The number of hydrazine groups is 1. The van der Waals surface area contributed by atoms with Crippen molar-refractivity contribution < 1.29 is 4.79 Å². The summed E-state index contributed by atoms with van der Waals surface area (Å²) in [6.45, 7) is 6.92. The summed E-state index contributed by atoms with van der Waals surface area (Å²) in [5.41, 5.74) is 3.53. The summed E-state index contributed by atoms with van der Waals surface area (Å²) in [6.07, 6.45) is 2.12. The van der Waals surface area contributed by atoms with Gasteiger partial charge in [0.2, 0.25) is 5.95 Å². The van der Waals surface area contributed by atoms with Gasteiger partial charge < -0.3 is 4.90 Å². The molecule has 19 heavy (non-hydrogen) atoms. The lowest BCUT2D eigenvalue weighted by molar-refractivity contribution is 0.0695. The van der Waals surface area contributed by atoms with Crippen molar-refractivity contribution in [1.82, 2.24) is 14.9 Å².